The van der Waals surface area contributed by atoms with E-state index < -0.39 is 6.85 Å². The smallest absolute Gasteiger partial charge is 0.399 e. The number of pyridine rings is 2. The lowest BCUT2D eigenvalue weighted by Gasteiger charge is -2.20. The Morgan fingerprint density at radius 1 is 1.36 bits per heavy atom. The lowest BCUT2D eigenvalue weighted by Crippen LogP contribution is -2.60. The number of nitrogens with zero attached hydrogens (tertiary/aromatic N) is 3. The van der Waals surface area contributed by atoms with Gasteiger partial charge < -0.3 is 9.23 Å². The third-order valence-corrected chi connectivity index (χ3v) is 4.09. The molecule has 0 saturated carbocycles. The lowest BCUT2D eigenvalue weighted by atomic mass is 9.56. The lowest BCUT2D eigenvalue weighted by molar-refractivity contribution is -0.654. The van der Waals surface area contributed by atoms with E-state index in [2.05, 4.69) is 9.79 Å². The maximum atomic E-state index is 7.56. The van der Waals surface area contributed by atoms with E-state index in [9.17, 15) is 0 Å². The first-order valence-corrected chi connectivity index (χ1v) is 7.14. The normalized spacial score (nSPS) is 16.4. The van der Waals surface area contributed by atoms with Crippen LogP contribution in [0.4, 0.5) is 0 Å². The molecule has 0 fully saturated rings. The minimum Gasteiger partial charge on any atom is -0.439 e. The molecule has 0 N–H and O–H groups in total. The highest BCUT2D eigenvalue weighted by molar-refractivity contribution is 6.82. The van der Waals surface area contributed by atoms with Gasteiger partial charge >= 0.3 is 6.85 Å². The second kappa shape index (κ2) is 4.73. The summed E-state index contributed by atoms with van der Waals surface area (Å²) in [5.41, 5.74) is 2.72. The van der Waals surface area contributed by atoms with Crippen LogP contribution in [0, 0.1) is 6.85 Å². The van der Waals surface area contributed by atoms with Crippen LogP contribution in [0.5, 0.6) is 0 Å². The van der Waals surface area contributed by atoms with Gasteiger partial charge in [0, 0.05) is 26.5 Å². The molecule has 4 rings (SSSR count). The second-order valence-electron chi connectivity index (χ2n) is 5.60. The maximum absolute atomic E-state index is 7.56. The number of aryl methyl sites for hydroxylation is 2. The molecule has 5 heteroatoms. The standard InChI is InChI=1S/C17H17BN3O/c1-12-6-7-16(20(2)10-12)18-9-15-14(11-21(18)3)13-5-4-8-19-17(13)22-15/h4-11H,1-3H3/q+1/i1D3. The number of hydrogen-bond acceptors (Lipinski definition) is 3. The predicted molar refractivity (Wildman–Crippen MR) is 87.7 cm³/mol. The average molecular weight is 293 g/mol. The summed E-state index contributed by atoms with van der Waals surface area (Å²) in [6.45, 7) is -2.16. The average Bonchev–Trinajstić information content (AvgIpc) is 2.91. The van der Waals surface area contributed by atoms with Crippen LogP contribution in [0.25, 0.3) is 23.3 Å². The molecule has 0 amide bonds. The summed E-state index contributed by atoms with van der Waals surface area (Å²) in [7, 11) is 3.86. The van der Waals surface area contributed by atoms with Crippen molar-refractivity contribution in [2.75, 3.05) is 7.05 Å². The molecular formula is C17H17BN3O+. The molecule has 0 atom stereocenters. The van der Waals surface area contributed by atoms with E-state index in [1.807, 2.05) is 49.0 Å². The van der Waals surface area contributed by atoms with Crippen LogP contribution in [0.2, 0.25) is 0 Å². The van der Waals surface area contributed by atoms with Crippen molar-refractivity contribution < 1.29 is 13.1 Å². The van der Waals surface area contributed by atoms with Crippen LogP contribution < -0.4 is 20.8 Å². The summed E-state index contributed by atoms with van der Waals surface area (Å²) >= 11 is 0. The van der Waals surface area contributed by atoms with Crippen molar-refractivity contribution in [3.63, 3.8) is 0 Å². The molecule has 4 heterocycles. The van der Waals surface area contributed by atoms with E-state index in [1.54, 1.807) is 18.5 Å². The Labute approximate surface area is 133 Å². The molecule has 3 aromatic heterocycles. The van der Waals surface area contributed by atoms with E-state index in [0.717, 1.165) is 21.6 Å². The Balaban J connectivity index is 1.85. The fourth-order valence-corrected chi connectivity index (χ4v) is 2.99. The van der Waals surface area contributed by atoms with Crippen LogP contribution in [0.3, 0.4) is 0 Å². The van der Waals surface area contributed by atoms with E-state index in [1.165, 1.54) is 0 Å². The molecule has 0 saturated heterocycles. The molecule has 0 bridgehead atoms. The zero-order valence-electron chi connectivity index (χ0n) is 15.4. The Kier molecular flexibility index (Phi) is 2.20. The van der Waals surface area contributed by atoms with E-state index in [4.69, 9.17) is 8.53 Å². The third kappa shape index (κ3) is 1.93. The minimum absolute atomic E-state index is 0.0521. The van der Waals surface area contributed by atoms with Gasteiger partial charge in [0.2, 0.25) is 5.71 Å². The zero-order valence-corrected chi connectivity index (χ0v) is 12.4. The number of aromatic nitrogens is 2. The topological polar surface area (TPSA) is 33.2 Å². The van der Waals surface area contributed by atoms with Gasteiger partial charge in [-0.1, -0.05) is 0 Å². The van der Waals surface area contributed by atoms with Gasteiger partial charge in [-0.3, -0.25) is 0 Å². The summed E-state index contributed by atoms with van der Waals surface area (Å²) in [6, 6.07) is 7.42. The van der Waals surface area contributed by atoms with Gasteiger partial charge in [0.25, 0.3) is 0 Å². The number of hydrogen-bond donors (Lipinski definition) is 0. The summed E-state index contributed by atoms with van der Waals surface area (Å²) in [4.78, 5) is 6.36. The Morgan fingerprint density at radius 3 is 3.09 bits per heavy atom. The fraction of sp³-hybridized carbons (Fsp3) is 0.176. The molecule has 22 heavy (non-hydrogen) atoms. The van der Waals surface area contributed by atoms with Gasteiger partial charge in [0.15, 0.2) is 11.8 Å². The maximum Gasteiger partial charge on any atom is 0.399 e. The van der Waals surface area contributed by atoms with Gasteiger partial charge in [-0.05, 0) is 50.3 Å². The van der Waals surface area contributed by atoms with Crippen LogP contribution in [-0.2, 0) is 7.05 Å². The molecular weight excluding hydrogens is 273 g/mol. The van der Waals surface area contributed by atoms with Crippen LogP contribution in [0.15, 0.2) is 41.1 Å². The first-order valence-electron chi connectivity index (χ1n) is 8.64. The highest BCUT2D eigenvalue weighted by Crippen LogP contribution is 2.06. The van der Waals surface area contributed by atoms with Gasteiger partial charge in [-0.25, -0.2) is 9.55 Å². The first kappa shape index (κ1) is 10.2. The Morgan fingerprint density at radius 2 is 2.27 bits per heavy atom. The third-order valence-electron chi connectivity index (χ3n) is 4.09. The Bertz CT molecular complexity index is 1090. The van der Waals surface area contributed by atoms with Crippen LogP contribution in [-0.4, -0.2) is 23.7 Å². The van der Waals surface area contributed by atoms with Crippen molar-refractivity contribution in [3.05, 3.63) is 52.9 Å². The highest BCUT2D eigenvalue weighted by Gasteiger charge is 2.30. The van der Waals surface area contributed by atoms with E-state index in [-0.39, 0.29) is 6.85 Å². The molecule has 0 unspecified atom stereocenters. The number of fused-ring (bicyclic) bond motifs is 3. The molecule has 0 radical (unpaired) electrons. The highest BCUT2D eigenvalue weighted by atomic mass is 16.3. The SMILES string of the molecule is [2H]C([2H])([2H])c1ccc(B2C=c3oc4ncccc4c3=CN2C)[n+](C)c1. The summed E-state index contributed by atoms with van der Waals surface area (Å²) in [6.07, 6.45) is 5.43. The van der Waals surface area contributed by atoms with Crippen molar-refractivity contribution in [1.82, 2.24) is 9.79 Å². The van der Waals surface area contributed by atoms with Gasteiger partial charge in [0.05, 0.1) is 0 Å². The second-order valence-corrected chi connectivity index (χ2v) is 5.60. The van der Waals surface area contributed by atoms with E-state index >= 15 is 0 Å². The molecule has 1 aliphatic rings. The summed E-state index contributed by atoms with van der Waals surface area (Å²) < 4.78 is 30.4. The van der Waals surface area contributed by atoms with Crippen molar-refractivity contribution in [3.8, 4) is 0 Å². The molecule has 0 aromatic carbocycles. The van der Waals surface area contributed by atoms with Crippen molar-refractivity contribution in [2.24, 2.45) is 7.05 Å². The number of furan rings is 1. The molecule has 0 spiro atoms. The molecule has 4 nitrogen and oxygen atoms in total. The van der Waals surface area contributed by atoms with Gasteiger partial charge in [-0.2, -0.15) is 0 Å². The fourth-order valence-electron chi connectivity index (χ4n) is 2.99. The van der Waals surface area contributed by atoms with Crippen molar-refractivity contribution in [1.29, 1.82) is 0 Å². The summed E-state index contributed by atoms with van der Waals surface area (Å²) in [5.74, 6) is 2.04. The van der Waals surface area contributed by atoms with Crippen molar-refractivity contribution >= 4 is 35.7 Å². The summed E-state index contributed by atoms with van der Waals surface area (Å²) in [5, 5.41) is 2.00. The first-order chi connectivity index (χ1) is 11.8. The number of rotatable bonds is 1. The van der Waals surface area contributed by atoms with E-state index in [0.29, 0.717) is 11.3 Å². The largest absolute Gasteiger partial charge is 0.439 e. The zero-order chi connectivity index (χ0) is 17.8. The molecule has 3 aromatic rings. The van der Waals surface area contributed by atoms with Gasteiger partial charge in [-0.15, -0.1) is 0 Å². The Hall–Kier alpha value is -2.56. The minimum atomic E-state index is -2.11. The molecule has 1 aliphatic heterocycles. The van der Waals surface area contributed by atoms with Crippen LogP contribution >= 0.6 is 0 Å². The monoisotopic (exact) mass is 293 g/mol. The van der Waals surface area contributed by atoms with Crippen molar-refractivity contribution in [2.45, 2.75) is 6.85 Å². The molecule has 0 aliphatic carbocycles. The van der Waals surface area contributed by atoms with Gasteiger partial charge in [0.1, 0.15) is 12.5 Å². The molecule has 108 valence electrons. The van der Waals surface area contributed by atoms with Crippen LogP contribution in [0.1, 0.15) is 9.68 Å². The predicted octanol–water partition coefficient (Wildman–Crippen LogP) is -0.137. The quantitative estimate of drug-likeness (QED) is 0.463.